The molecule has 0 saturated carbocycles. The number of pyridine rings is 1. The number of rotatable bonds is 1. The Morgan fingerprint density at radius 2 is 2.00 bits per heavy atom. The Labute approximate surface area is 83.2 Å². The van der Waals surface area contributed by atoms with Crippen molar-refractivity contribution in [1.29, 1.82) is 0 Å². The van der Waals surface area contributed by atoms with Crippen molar-refractivity contribution < 1.29 is 5.11 Å². The lowest BCUT2D eigenvalue weighted by atomic mass is 10.0. The van der Waals surface area contributed by atoms with Gasteiger partial charge in [-0.05, 0) is 31.5 Å². The van der Waals surface area contributed by atoms with E-state index in [9.17, 15) is 5.11 Å². The Morgan fingerprint density at radius 3 is 2.71 bits per heavy atom. The Balaban J connectivity index is 2.80. The maximum atomic E-state index is 9.54. The van der Waals surface area contributed by atoms with Crippen molar-refractivity contribution in [2.45, 2.75) is 13.8 Å². The average Bonchev–Trinajstić information content (AvgIpc) is 2.16. The lowest BCUT2D eigenvalue weighted by Gasteiger charge is -2.08. The van der Waals surface area contributed by atoms with Gasteiger partial charge in [0, 0.05) is 11.1 Å². The van der Waals surface area contributed by atoms with E-state index in [2.05, 4.69) is 4.98 Å². The number of para-hydroxylation sites is 1. The van der Waals surface area contributed by atoms with Crippen molar-refractivity contribution >= 4 is 10.9 Å². The summed E-state index contributed by atoms with van der Waals surface area (Å²) in [7, 11) is 0. The standard InChI is InChI=1S/C12H12NO/c1-8-7-11(9(2)14)10-5-3-4-6-12(10)13-8/h3-7,14H,1-2H3. The minimum absolute atomic E-state index is 0.340. The third-order valence-electron chi connectivity index (χ3n) is 2.23. The first kappa shape index (κ1) is 9.16. The number of hydrogen-bond acceptors (Lipinski definition) is 2. The van der Waals surface area contributed by atoms with Crippen LogP contribution in [0.15, 0.2) is 30.3 Å². The molecule has 14 heavy (non-hydrogen) atoms. The summed E-state index contributed by atoms with van der Waals surface area (Å²) >= 11 is 0. The highest BCUT2D eigenvalue weighted by Crippen LogP contribution is 2.22. The monoisotopic (exact) mass is 186 g/mol. The number of aryl methyl sites for hydroxylation is 1. The van der Waals surface area contributed by atoms with Crippen molar-refractivity contribution in [2.24, 2.45) is 0 Å². The molecule has 1 heterocycles. The van der Waals surface area contributed by atoms with Gasteiger partial charge in [-0.25, -0.2) is 0 Å². The van der Waals surface area contributed by atoms with E-state index >= 15 is 0 Å². The van der Waals surface area contributed by atoms with Gasteiger partial charge in [-0.15, -0.1) is 0 Å². The normalized spacial score (nSPS) is 11.1. The molecule has 1 radical (unpaired) electrons. The van der Waals surface area contributed by atoms with Crippen LogP contribution in [0.3, 0.4) is 0 Å². The largest absolute Gasteiger partial charge is 0.382 e. The molecule has 0 aliphatic heterocycles. The zero-order valence-electron chi connectivity index (χ0n) is 8.28. The lowest BCUT2D eigenvalue weighted by molar-refractivity contribution is 0.342. The summed E-state index contributed by atoms with van der Waals surface area (Å²) in [6.07, 6.45) is 0.340. The fourth-order valence-electron chi connectivity index (χ4n) is 1.61. The highest BCUT2D eigenvalue weighted by Gasteiger charge is 2.08. The third kappa shape index (κ3) is 1.49. The first-order valence-corrected chi connectivity index (χ1v) is 4.58. The molecule has 0 saturated heterocycles. The maximum Gasteiger partial charge on any atom is 0.120 e. The molecule has 0 aliphatic carbocycles. The van der Waals surface area contributed by atoms with Crippen molar-refractivity contribution in [3.63, 3.8) is 0 Å². The van der Waals surface area contributed by atoms with Gasteiger partial charge in [0.05, 0.1) is 5.52 Å². The van der Waals surface area contributed by atoms with E-state index in [1.807, 2.05) is 37.3 Å². The summed E-state index contributed by atoms with van der Waals surface area (Å²) < 4.78 is 0. The quantitative estimate of drug-likeness (QED) is 0.742. The first-order chi connectivity index (χ1) is 6.68. The summed E-state index contributed by atoms with van der Waals surface area (Å²) in [5.74, 6) is 0. The van der Waals surface area contributed by atoms with Gasteiger partial charge in [-0.2, -0.15) is 0 Å². The second-order valence-electron chi connectivity index (χ2n) is 3.41. The van der Waals surface area contributed by atoms with Crippen molar-refractivity contribution in [1.82, 2.24) is 4.98 Å². The van der Waals surface area contributed by atoms with Crippen LogP contribution in [-0.2, 0) is 0 Å². The van der Waals surface area contributed by atoms with E-state index in [0.717, 1.165) is 22.2 Å². The predicted octanol–water partition coefficient (Wildman–Crippen LogP) is 2.82. The van der Waals surface area contributed by atoms with Crippen LogP contribution >= 0.6 is 0 Å². The van der Waals surface area contributed by atoms with Gasteiger partial charge in [0.25, 0.3) is 0 Å². The van der Waals surface area contributed by atoms with Gasteiger partial charge in [0.1, 0.15) is 6.10 Å². The fraction of sp³-hybridized carbons (Fsp3) is 0.167. The van der Waals surface area contributed by atoms with Gasteiger partial charge >= 0.3 is 0 Å². The van der Waals surface area contributed by atoms with Crippen LogP contribution < -0.4 is 0 Å². The van der Waals surface area contributed by atoms with Crippen molar-refractivity contribution in [3.05, 3.63) is 47.7 Å². The molecule has 0 aliphatic rings. The molecule has 2 heteroatoms. The van der Waals surface area contributed by atoms with Crippen LogP contribution in [0, 0.1) is 13.0 Å². The SMILES string of the molecule is C[C](O)c1cc(C)nc2ccccc12. The van der Waals surface area contributed by atoms with E-state index in [0.29, 0.717) is 6.10 Å². The van der Waals surface area contributed by atoms with Crippen LogP contribution in [0.5, 0.6) is 0 Å². The number of benzene rings is 1. The Hall–Kier alpha value is -1.41. The molecule has 2 rings (SSSR count). The molecule has 0 unspecified atom stereocenters. The number of aliphatic hydroxyl groups excluding tert-OH is 1. The molecule has 2 aromatic rings. The van der Waals surface area contributed by atoms with Crippen LogP contribution in [0.4, 0.5) is 0 Å². The lowest BCUT2D eigenvalue weighted by Crippen LogP contribution is -1.96. The third-order valence-corrected chi connectivity index (χ3v) is 2.23. The van der Waals surface area contributed by atoms with Gasteiger partial charge in [-0.3, -0.25) is 4.98 Å². The van der Waals surface area contributed by atoms with Gasteiger partial charge in [-0.1, -0.05) is 18.2 Å². The highest BCUT2D eigenvalue weighted by atomic mass is 16.3. The van der Waals surface area contributed by atoms with Crippen LogP contribution in [-0.4, -0.2) is 10.1 Å². The molecule has 2 nitrogen and oxygen atoms in total. The number of nitrogens with zero attached hydrogens (tertiary/aromatic N) is 1. The number of aliphatic hydroxyl groups is 1. The molecule has 71 valence electrons. The predicted molar refractivity (Wildman–Crippen MR) is 56.4 cm³/mol. The maximum absolute atomic E-state index is 9.54. The van der Waals surface area contributed by atoms with Gasteiger partial charge < -0.3 is 5.11 Å². The van der Waals surface area contributed by atoms with Crippen molar-refractivity contribution in [3.8, 4) is 0 Å². The Kier molecular flexibility index (Phi) is 2.22. The number of aromatic nitrogens is 1. The van der Waals surface area contributed by atoms with Crippen LogP contribution in [0.1, 0.15) is 18.2 Å². The molecule has 0 spiro atoms. The Bertz CT molecular complexity index is 463. The molecular weight excluding hydrogens is 174 g/mol. The van der Waals surface area contributed by atoms with Crippen LogP contribution in [0.25, 0.3) is 10.9 Å². The molecule has 0 fully saturated rings. The average molecular weight is 186 g/mol. The highest BCUT2D eigenvalue weighted by molar-refractivity contribution is 5.83. The smallest absolute Gasteiger partial charge is 0.120 e. The molecule has 1 aromatic heterocycles. The molecule has 1 aromatic carbocycles. The first-order valence-electron chi connectivity index (χ1n) is 4.58. The fourth-order valence-corrected chi connectivity index (χ4v) is 1.61. The summed E-state index contributed by atoms with van der Waals surface area (Å²) in [5, 5.41) is 10.5. The minimum Gasteiger partial charge on any atom is -0.382 e. The van der Waals surface area contributed by atoms with Crippen LogP contribution in [0.2, 0.25) is 0 Å². The van der Waals surface area contributed by atoms with Gasteiger partial charge in [0.15, 0.2) is 0 Å². The summed E-state index contributed by atoms with van der Waals surface area (Å²) in [6.45, 7) is 3.63. The van der Waals surface area contributed by atoms with E-state index in [-0.39, 0.29) is 0 Å². The van der Waals surface area contributed by atoms with Gasteiger partial charge in [0.2, 0.25) is 0 Å². The van der Waals surface area contributed by atoms with E-state index < -0.39 is 0 Å². The zero-order chi connectivity index (χ0) is 10.1. The molecule has 0 amide bonds. The molecule has 1 N–H and O–H groups in total. The van der Waals surface area contributed by atoms with Crippen molar-refractivity contribution in [2.75, 3.05) is 0 Å². The van der Waals surface area contributed by atoms with E-state index in [1.54, 1.807) is 6.92 Å². The summed E-state index contributed by atoms with van der Waals surface area (Å²) in [5.41, 5.74) is 2.72. The minimum atomic E-state index is 0.340. The number of hydrogen-bond donors (Lipinski definition) is 1. The molecule has 0 atom stereocenters. The summed E-state index contributed by atoms with van der Waals surface area (Å²) in [6, 6.07) is 9.72. The second kappa shape index (κ2) is 3.39. The molecule has 0 bridgehead atoms. The Morgan fingerprint density at radius 1 is 1.29 bits per heavy atom. The topological polar surface area (TPSA) is 33.1 Å². The second-order valence-corrected chi connectivity index (χ2v) is 3.41. The summed E-state index contributed by atoms with van der Waals surface area (Å²) in [4.78, 5) is 4.39. The van der Waals surface area contributed by atoms with E-state index in [1.165, 1.54) is 0 Å². The molecular formula is C12H12NO. The zero-order valence-corrected chi connectivity index (χ0v) is 8.28. The van der Waals surface area contributed by atoms with E-state index in [4.69, 9.17) is 0 Å². The number of fused-ring (bicyclic) bond motifs is 1.